The molecule has 0 bridgehead atoms. The molecule has 0 aromatic heterocycles. The first-order valence-corrected chi connectivity index (χ1v) is 7.54. The van der Waals surface area contributed by atoms with Gasteiger partial charge < -0.3 is 19.0 Å². The van der Waals surface area contributed by atoms with Crippen LogP contribution in [0.2, 0.25) is 6.04 Å². The Hall–Kier alpha value is 0.0569. The van der Waals surface area contributed by atoms with Crippen molar-refractivity contribution in [2.45, 2.75) is 51.8 Å². The molecule has 5 heteroatoms. The maximum atomic E-state index is 6.12. The fraction of sp³-hybridized carbons (Fsp3) is 1.00. The molecule has 0 unspecified atom stereocenters. The highest BCUT2D eigenvalue weighted by molar-refractivity contribution is 6.60. The van der Waals surface area contributed by atoms with E-state index in [4.69, 9.17) is 19.0 Å². The molecule has 0 heterocycles. The van der Waals surface area contributed by atoms with Crippen LogP contribution in [0.1, 0.15) is 40.0 Å². The average molecular weight is 235 g/mol. The van der Waals surface area contributed by atoms with E-state index >= 15 is 0 Å². The van der Waals surface area contributed by atoms with Gasteiger partial charge in [-0.1, -0.05) is 27.2 Å². The van der Waals surface area contributed by atoms with Gasteiger partial charge in [0, 0.05) is 20.3 Å². The molecular formula is C10H25NO3Si. The summed E-state index contributed by atoms with van der Waals surface area (Å²) < 4.78 is 16.8. The fourth-order valence-corrected chi connectivity index (χ4v) is 3.80. The Morgan fingerprint density at radius 2 is 1.53 bits per heavy atom. The monoisotopic (exact) mass is 235 g/mol. The van der Waals surface area contributed by atoms with Crippen molar-refractivity contribution in [2.75, 3.05) is 14.2 Å². The minimum absolute atomic E-state index is 0.618. The maximum Gasteiger partial charge on any atom is 0.501 e. The van der Waals surface area contributed by atoms with Crippen LogP contribution in [0.3, 0.4) is 0 Å². The summed E-state index contributed by atoms with van der Waals surface area (Å²) >= 11 is 0. The summed E-state index contributed by atoms with van der Waals surface area (Å²) in [7, 11) is 0.726. The normalized spacial score (nSPS) is 13.2. The SMILES string of the molecule is CCC[Si](OC)(OC)OC(N)(CC)CC. The largest absolute Gasteiger partial charge is 0.501 e. The Labute approximate surface area is 94.5 Å². The van der Waals surface area contributed by atoms with Gasteiger partial charge in [0.05, 0.1) is 0 Å². The molecule has 0 aromatic carbocycles. The lowest BCUT2D eigenvalue weighted by molar-refractivity contribution is -0.0192. The van der Waals surface area contributed by atoms with Gasteiger partial charge in [-0.15, -0.1) is 0 Å². The molecule has 0 aliphatic carbocycles. The van der Waals surface area contributed by atoms with Gasteiger partial charge in [-0.05, 0) is 12.8 Å². The van der Waals surface area contributed by atoms with E-state index in [2.05, 4.69) is 6.92 Å². The van der Waals surface area contributed by atoms with Crippen molar-refractivity contribution in [1.82, 2.24) is 0 Å². The van der Waals surface area contributed by atoms with Crippen molar-refractivity contribution in [3.8, 4) is 0 Å². The summed E-state index contributed by atoms with van der Waals surface area (Å²) in [6.45, 7) is 6.11. The first-order valence-electron chi connectivity index (χ1n) is 5.60. The minimum Gasteiger partial charge on any atom is -0.377 e. The first-order chi connectivity index (χ1) is 7.01. The summed E-state index contributed by atoms with van der Waals surface area (Å²) in [5, 5.41) is 0. The molecule has 0 atom stereocenters. The fourth-order valence-electron chi connectivity index (χ4n) is 1.43. The molecule has 0 aliphatic heterocycles. The molecule has 92 valence electrons. The highest BCUT2D eigenvalue weighted by Crippen LogP contribution is 2.24. The standard InChI is InChI=1S/C10H25NO3Si/c1-6-9-15(12-4,13-5)14-10(11,7-2)8-3/h6-9,11H2,1-5H3. The molecule has 0 spiro atoms. The summed E-state index contributed by atoms with van der Waals surface area (Å²) in [5.74, 6) is 0. The van der Waals surface area contributed by atoms with Crippen LogP contribution in [0.15, 0.2) is 0 Å². The molecule has 0 aliphatic rings. The predicted octanol–water partition coefficient (Wildman–Crippen LogP) is 2.12. The Morgan fingerprint density at radius 3 is 1.80 bits per heavy atom. The topological polar surface area (TPSA) is 53.7 Å². The van der Waals surface area contributed by atoms with Gasteiger partial charge in [-0.3, -0.25) is 0 Å². The second-order valence-electron chi connectivity index (χ2n) is 3.72. The number of nitrogens with two attached hydrogens (primary N) is 1. The third-order valence-electron chi connectivity index (χ3n) is 2.73. The second kappa shape index (κ2) is 6.60. The number of rotatable bonds is 8. The summed E-state index contributed by atoms with van der Waals surface area (Å²) in [5.41, 5.74) is 5.50. The third-order valence-corrected chi connectivity index (χ3v) is 5.81. The Balaban J connectivity index is 4.63. The van der Waals surface area contributed by atoms with E-state index < -0.39 is 14.5 Å². The molecule has 0 fully saturated rings. The van der Waals surface area contributed by atoms with Crippen LogP contribution < -0.4 is 5.73 Å². The van der Waals surface area contributed by atoms with Crippen LogP contribution in [0.4, 0.5) is 0 Å². The van der Waals surface area contributed by atoms with E-state index in [0.29, 0.717) is 0 Å². The zero-order valence-electron chi connectivity index (χ0n) is 10.6. The van der Waals surface area contributed by atoms with E-state index in [1.165, 1.54) is 0 Å². The van der Waals surface area contributed by atoms with Crippen molar-refractivity contribution >= 4 is 8.80 Å². The molecule has 0 saturated carbocycles. The molecule has 4 nitrogen and oxygen atoms in total. The lowest BCUT2D eigenvalue weighted by Gasteiger charge is -2.36. The van der Waals surface area contributed by atoms with Gasteiger partial charge in [0.25, 0.3) is 0 Å². The first kappa shape index (κ1) is 15.1. The highest BCUT2D eigenvalue weighted by atomic mass is 28.4. The van der Waals surface area contributed by atoms with Crippen molar-refractivity contribution in [2.24, 2.45) is 5.73 Å². The van der Waals surface area contributed by atoms with Crippen LogP contribution >= 0.6 is 0 Å². The van der Waals surface area contributed by atoms with Gasteiger partial charge in [-0.2, -0.15) is 0 Å². The lowest BCUT2D eigenvalue weighted by atomic mass is 10.1. The van der Waals surface area contributed by atoms with Crippen LogP contribution in [0.25, 0.3) is 0 Å². The lowest BCUT2D eigenvalue weighted by Crippen LogP contribution is -2.55. The highest BCUT2D eigenvalue weighted by Gasteiger charge is 2.43. The second-order valence-corrected chi connectivity index (χ2v) is 6.60. The number of hydrogen-bond donors (Lipinski definition) is 1. The van der Waals surface area contributed by atoms with Gasteiger partial charge in [-0.25, -0.2) is 0 Å². The Morgan fingerprint density at radius 1 is 1.07 bits per heavy atom. The zero-order chi connectivity index (χ0) is 11.9. The molecule has 0 rings (SSSR count). The van der Waals surface area contributed by atoms with Gasteiger partial charge in [0.2, 0.25) is 0 Å². The minimum atomic E-state index is -2.55. The van der Waals surface area contributed by atoms with E-state index in [9.17, 15) is 0 Å². The summed E-state index contributed by atoms with van der Waals surface area (Å²) in [4.78, 5) is 0. The third kappa shape index (κ3) is 4.20. The van der Waals surface area contributed by atoms with E-state index in [1.807, 2.05) is 13.8 Å². The van der Waals surface area contributed by atoms with Gasteiger partial charge in [0.1, 0.15) is 5.72 Å². The van der Waals surface area contributed by atoms with E-state index in [1.54, 1.807) is 14.2 Å². The molecular weight excluding hydrogens is 210 g/mol. The molecule has 15 heavy (non-hydrogen) atoms. The van der Waals surface area contributed by atoms with Crippen LogP contribution in [0.5, 0.6) is 0 Å². The summed E-state index contributed by atoms with van der Waals surface area (Å²) in [6.07, 6.45) is 2.49. The molecule has 2 N–H and O–H groups in total. The van der Waals surface area contributed by atoms with Crippen molar-refractivity contribution in [1.29, 1.82) is 0 Å². The van der Waals surface area contributed by atoms with Crippen LogP contribution in [-0.4, -0.2) is 28.7 Å². The predicted molar refractivity (Wildman–Crippen MR) is 63.5 cm³/mol. The smallest absolute Gasteiger partial charge is 0.377 e. The van der Waals surface area contributed by atoms with Gasteiger partial charge in [0.15, 0.2) is 0 Å². The average Bonchev–Trinajstić information content (AvgIpc) is 2.28. The molecule has 0 amide bonds. The Kier molecular flexibility index (Phi) is 6.62. The zero-order valence-corrected chi connectivity index (χ0v) is 11.6. The van der Waals surface area contributed by atoms with E-state index in [-0.39, 0.29) is 0 Å². The van der Waals surface area contributed by atoms with Crippen molar-refractivity contribution in [3.63, 3.8) is 0 Å². The Bertz CT molecular complexity index is 170. The summed E-state index contributed by atoms with van der Waals surface area (Å²) in [6, 6.07) is 0.805. The van der Waals surface area contributed by atoms with Crippen LogP contribution in [-0.2, 0) is 13.3 Å². The van der Waals surface area contributed by atoms with Crippen molar-refractivity contribution < 1.29 is 13.3 Å². The van der Waals surface area contributed by atoms with Crippen molar-refractivity contribution in [3.05, 3.63) is 0 Å². The van der Waals surface area contributed by atoms with Crippen LogP contribution in [0, 0.1) is 0 Å². The molecule has 0 radical (unpaired) electrons. The molecule has 0 aromatic rings. The van der Waals surface area contributed by atoms with E-state index in [0.717, 1.165) is 25.3 Å². The quantitative estimate of drug-likeness (QED) is 0.517. The maximum absolute atomic E-state index is 6.12. The number of hydrogen-bond acceptors (Lipinski definition) is 4. The molecule has 0 saturated heterocycles. The van der Waals surface area contributed by atoms with Gasteiger partial charge >= 0.3 is 8.80 Å².